The van der Waals surface area contributed by atoms with Gasteiger partial charge in [-0.3, -0.25) is 19.2 Å². The minimum atomic E-state index is -0.314. The van der Waals surface area contributed by atoms with Gasteiger partial charge in [-0.25, -0.2) is 15.0 Å². The van der Waals surface area contributed by atoms with Crippen molar-refractivity contribution in [3.05, 3.63) is 132 Å². The van der Waals surface area contributed by atoms with Crippen LogP contribution in [-0.4, -0.2) is 103 Å². The zero-order chi connectivity index (χ0) is 63.7. The maximum atomic E-state index is 12.5. The molecule has 0 saturated carbocycles. The van der Waals surface area contributed by atoms with Gasteiger partial charge < -0.3 is 57.2 Å². The maximum Gasteiger partial charge on any atom is 2.00 e. The summed E-state index contributed by atoms with van der Waals surface area (Å²) in [4.78, 5) is 75.7. The van der Waals surface area contributed by atoms with Crippen molar-refractivity contribution in [1.82, 2.24) is 29.5 Å². The number of imidazole rings is 1. The minimum Gasteiger partial charge on any atom is -0.657 e. The number of carbonyl (C=O) groups excluding carboxylic acids is 4. The normalized spacial score (nSPS) is 11.4. The first-order valence-electron chi connectivity index (χ1n) is 31.7. The number of carbonyl (C=O) groups is 4. The molecule has 0 atom stereocenters. The van der Waals surface area contributed by atoms with Gasteiger partial charge in [0, 0.05) is 55.7 Å². The summed E-state index contributed by atoms with van der Waals surface area (Å²) >= 11 is 0. The van der Waals surface area contributed by atoms with Crippen LogP contribution < -0.4 is 33.7 Å². The van der Waals surface area contributed by atoms with Gasteiger partial charge >= 0.3 is 43.4 Å². The number of aryl methyl sites for hydroxylation is 2. The van der Waals surface area contributed by atoms with Crippen molar-refractivity contribution in [2.75, 3.05) is 59.5 Å². The van der Waals surface area contributed by atoms with Gasteiger partial charge in [0.05, 0.1) is 99.7 Å². The molecule has 0 unspecified atom stereocenters. The Bertz CT molecular complexity index is 3670. The molecule has 6 heterocycles. The Morgan fingerprint density at radius 3 is 1.40 bits per heavy atom. The van der Waals surface area contributed by atoms with Crippen LogP contribution in [0.1, 0.15) is 133 Å². The molecule has 19 nitrogen and oxygen atoms in total. The summed E-state index contributed by atoms with van der Waals surface area (Å²) < 4.78 is 56.1. The van der Waals surface area contributed by atoms with E-state index in [9.17, 15) is 19.2 Å². The molecule has 7 aromatic rings. The molecule has 2 aliphatic heterocycles. The number of unbranched alkanes of at least 4 members (excludes halogenated alkanes) is 3. The van der Waals surface area contributed by atoms with Crippen molar-refractivity contribution >= 4 is 70.2 Å². The van der Waals surface area contributed by atoms with Crippen LogP contribution >= 0.6 is 0 Å². The van der Waals surface area contributed by atoms with E-state index in [0.717, 1.165) is 49.1 Å². The minimum absolute atomic E-state index is 0. The summed E-state index contributed by atoms with van der Waals surface area (Å²) in [5.41, 5.74) is 9.40. The molecule has 20 heteroatoms. The standard InChI is InChI=1S/C72H80N6O13.Zn/c1-6-83-64(79)24-16-42-87-59-20-14-21-60(88-43-17-25-65(80)84-7-2)71(59)69-55-32-30-51(74-55)47-52-31-33-56(75-52)70(72-61(89-44-18-26-66(81)85-8-3)22-15-23-62(72)90-45-19-27-67(82)86-9-4)58-37-35-54(77-58)68(53-34-36-57(69)76-53)50-29-28-49(5)63(46-50)91-41-13-11-10-12-39-78-40-38-73-48-78;/h14-15,20-23,28-38,40,46-48H,6-13,16-19,24-27,39,41-45H2,1-5H3;/q-2;+2. The van der Waals surface area contributed by atoms with Crippen LogP contribution in [0.15, 0.2) is 104 Å². The molecule has 0 fully saturated rings. The Balaban J connectivity index is 0.0000109. The van der Waals surface area contributed by atoms with Gasteiger partial charge in [-0.2, -0.15) is 0 Å². The van der Waals surface area contributed by atoms with E-state index in [4.69, 9.17) is 62.6 Å². The van der Waals surface area contributed by atoms with E-state index in [1.807, 2.05) is 117 Å². The van der Waals surface area contributed by atoms with E-state index in [2.05, 4.69) is 21.7 Å². The number of esters is 4. The van der Waals surface area contributed by atoms with Crippen LogP contribution in [0.4, 0.5) is 0 Å². The van der Waals surface area contributed by atoms with E-state index < -0.39 is 0 Å². The van der Waals surface area contributed by atoms with Crippen LogP contribution in [0.25, 0.3) is 79.8 Å². The van der Waals surface area contributed by atoms with Gasteiger partial charge in [0.1, 0.15) is 28.7 Å². The molecule has 0 spiro atoms. The smallest absolute Gasteiger partial charge is 0.657 e. The van der Waals surface area contributed by atoms with Crippen LogP contribution in [0.3, 0.4) is 0 Å². The van der Waals surface area contributed by atoms with Gasteiger partial charge in [-0.1, -0.05) is 67.4 Å². The first-order chi connectivity index (χ1) is 44.5. The van der Waals surface area contributed by atoms with Crippen LogP contribution in [0, 0.1) is 6.92 Å². The van der Waals surface area contributed by atoms with Crippen molar-refractivity contribution in [2.45, 2.75) is 118 Å². The monoisotopic (exact) mass is 1300 g/mol. The van der Waals surface area contributed by atoms with Gasteiger partial charge in [-0.15, -0.1) is 22.1 Å². The van der Waals surface area contributed by atoms with E-state index >= 15 is 0 Å². The van der Waals surface area contributed by atoms with Crippen molar-refractivity contribution < 1.29 is 81.3 Å². The average Bonchev–Trinajstić information content (AvgIpc) is 1.57. The van der Waals surface area contributed by atoms with Crippen LogP contribution in [0.2, 0.25) is 0 Å². The van der Waals surface area contributed by atoms with Gasteiger partial charge in [-0.05, 0) is 144 Å². The number of benzene rings is 3. The second-order valence-corrected chi connectivity index (χ2v) is 21.5. The molecular formula is C72H80N6O13Zn. The molecule has 0 radical (unpaired) electrons. The first kappa shape index (κ1) is 68.9. The maximum absolute atomic E-state index is 12.5. The predicted octanol–water partition coefficient (Wildman–Crippen LogP) is 13.9. The van der Waals surface area contributed by atoms with Crippen molar-refractivity contribution in [3.63, 3.8) is 0 Å². The molecule has 478 valence electrons. The molecule has 0 N–H and O–H groups in total. The van der Waals surface area contributed by atoms with E-state index in [-0.39, 0.29) is 122 Å². The zero-order valence-corrected chi connectivity index (χ0v) is 56.3. The number of nitrogens with zero attached hydrogens (tertiary/aromatic N) is 6. The topological polar surface area (TPSA) is 223 Å². The average molecular weight is 1300 g/mol. The summed E-state index contributed by atoms with van der Waals surface area (Å²) in [5, 5.41) is 0. The summed E-state index contributed by atoms with van der Waals surface area (Å²) in [6.45, 7) is 12.4. The Morgan fingerprint density at radius 1 is 0.446 bits per heavy atom. The number of ether oxygens (including phenoxy) is 9. The second kappa shape index (κ2) is 35.5. The van der Waals surface area contributed by atoms with Gasteiger partial charge in [0.15, 0.2) is 0 Å². The van der Waals surface area contributed by atoms with E-state index in [1.54, 1.807) is 33.9 Å². The van der Waals surface area contributed by atoms with Crippen molar-refractivity contribution in [2.24, 2.45) is 0 Å². The fraction of sp³-hybridized carbons (Fsp3) is 0.375. The second-order valence-electron chi connectivity index (χ2n) is 21.5. The molecule has 4 aromatic heterocycles. The third-order valence-corrected chi connectivity index (χ3v) is 14.9. The van der Waals surface area contributed by atoms with E-state index in [0.29, 0.717) is 128 Å². The number of hydrogen-bond donors (Lipinski definition) is 0. The van der Waals surface area contributed by atoms with Gasteiger partial charge in [0.2, 0.25) is 0 Å². The Labute approximate surface area is 550 Å². The van der Waals surface area contributed by atoms with Gasteiger partial charge in [0.25, 0.3) is 0 Å². The number of rotatable bonds is 35. The van der Waals surface area contributed by atoms with E-state index in [1.165, 1.54) is 0 Å². The largest absolute Gasteiger partial charge is 2.00 e. The molecular weight excluding hydrogens is 1220 g/mol. The quantitative estimate of drug-likeness (QED) is 0.0156. The molecule has 9 rings (SSSR count). The Kier molecular flexibility index (Phi) is 26.6. The fourth-order valence-electron chi connectivity index (χ4n) is 10.6. The SMILES string of the molecule is CCOC(=O)CCCOc1cccc(OCCCC(=O)OCC)c1-c1c2nc(c(-c3ccc(C)c(OCCCCCCn4ccnc4)c3)c3ccc([n-]3)c(-c3c(OCCCC(=O)OCC)cccc3OCCCC(=O)OCC)c3nc(cc4ccc1[n-]4)C=C3)C=C2.[Zn+2]. The first-order valence-corrected chi connectivity index (χ1v) is 31.7. The molecule has 0 aliphatic carbocycles. The number of fused-ring (bicyclic) bond motifs is 8. The zero-order valence-electron chi connectivity index (χ0n) is 53.4. The van der Waals surface area contributed by atoms with Crippen molar-refractivity contribution in [3.8, 4) is 62.1 Å². The summed E-state index contributed by atoms with van der Waals surface area (Å²) in [5.74, 6) is 1.34. The Morgan fingerprint density at radius 2 is 0.891 bits per heavy atom. The molecule has 2 aliphatic rings. The van der Waals surface area contributed by atoms with Crippen molar-refractivity contribution in [1.29, 1.82) is 0 Å². The Hall–Kier alpha value is -9.03. The summed E-state index contributed by atoms with van der Waals surface area (Å²) in [6, 6.07) is 26.9. The summed E-state index contributed by atoms with van der Waals surface area (Å²) in [7, 11) is 0. The van der Waals surface area contributed by atoms with Crippen LogP contribution in [0.5, 0.6) is 28.7 Å². The molecule has 0 saturated heterocycles. The number of hydrogen-bond acceptors (Lipinski definition) is 16. The molecule has 92 heavy (non-hydrogen) atoms. The molecule has 0 amide bonds. The predicted molar refractivity (Wildman–Crippen MR) is 349 cm³/mol. The number of aromatic nitrogens is 6. The third-order valence-electron chi connectivity index (χ3n) is 14.9. The molecule has 3 aromatic carbocycles. The molecule has 8 bridgehead atoms. The fourth-order valence-corrected chi connectivity index (χ4v) is 10.6. The third kappa shape index (κ3) is 19.0. The summed E-state index contributed by atoms with van der Waals surface area (Å²) in [6.07, 6.45) is 19.6. The van der Waals surface area contributed by atoms with Crippen LogP contribution in [-0.2, 0) is 64.1 Å².